The maximum absolute atomic E-state index is 11.7. The van der Waals surface area contributed by atoms with Gasteiger partial charge in [0.05, 0.1) is 37.8 Å². The number of nitrogens with one attached hydrogen (secondary N) is 8. The fraction of sp³-hybridized carbons (Fsp3) is 0.245. The van der Waals surface area contributed by atoms with E-state index in [9.17, 15) is 29.3 Å². The molecule has 0 radical (unpaired) electrons. The van der Waals surface area contributed by atoms with Gasteiger partial charge in [0.15, 0.2) is 23.3 Å². The first-order valence-electron chi connectivity index (χ1n) is 22.8. The molecule has 0 atom stereocenters. The summed E-state index contributed by atoms with van der Waals surface area (Å²) < 4.78 is 2.06. The molecule has 5 heterocycles. The zero-order chi connectivity index (χ0) is 50.9. The van der Waals surface area contributed by atoms with Crippen LogP contribution in [0, 0.1) is 13.7 Å². The number of rotatable bonds is 14. The van der Waals surface area contributed by atoms with Crippen molar-refractivity contribution in [2.75, 3.05) is 21.3 Å². The van der Waals surface area contributed by atoms with Crippen LogP contribution in [0.1, 0.15) is 79.1 Å². The van der Waals surface area contributed by atoms with Crippen molar-refractivity contribution in [2.45, 2.75) is 79.1 Å². The minimum Gasteiger partial charge on any atom is -0.309 e. The van der Waals surface area contributed by atoms with Crippen LogP contribution in [0.2, 0.25) is 0 Å². The van der Waals surface area contributed by atoms with Gasteiger partial charge in [-0.3, -0.25) is 54.7 Å². The Labute approximate surface area is 429 Å². The molecule has 0 fully saturated rings. The predicted molar refractivity (Wildman–Crippen MR) is 289 cm³/mol. The summed E-state index contributed by atoms with van der Waals surface area (Å²) in [6.45, 7) is 7.82. The lowest BCUT2D eigenvalue weighted by Gasteiger charge is -2.02. The summed E-state index contributed by atoms with van der Waals surface area (Å²) in [5.41, 5.74) is 5.46. The largest absolute Gasteiger partial charge is 0.309 e. The molecular weight excluding hydrogens is 1090 g/mol. The number of nitro benzene ring substituents is 1. The molecule has 4 amide bonds. The van der Waals surface area contributed by atoms with E-state index in [-0.39, 0.29) is 29.3 Å². The molecule has 22 heteroatoms. The van der Waals surface area contributed by atoms with Gasteiger partial charge in [-0.25, -0.2) is 0 Å². The molecule has 0 aliphatic heterocycles. The molecule has 8 N–H and O–H groups in total. The van der Waals surface area contributed by atoms with E-state index >= 15 is 0 Å². The number of nitro groups is 1. The van der Waals surface area contributed by atoms with Gasteiger partial charge in [-0.05, 0) is 108 Å². The predicted octanol–water partition coefficient (Wildman–Crippen LogP) is 11.5. The zero-order valence-electron chi connectivity index (χ0n) is 39.3. The van der Waals surface area contributed by atoms with E-state index in [1.165, 1.54) is 12.1 Å². The first-order valence-corrected chi connectivity index (χ1v) is 24.7. The van der Waals surface area contributed by atoms with E-state index in [0.717, 1.165) is 77.6 Å². The smallest absolute Gasteiger partial charge is 0.270 e. The Morgan fingerprint density at radius 1 is 0.563 bits per heavy atom. The second-order valence-corrected chi connectivity index (χ2v) is 17.9. The van der Waals surface area contributed by atoms with E-state index in [0.29, 0.717) is 59.9 Å². The third-order valence-corrected chi connectivity index (χ3v) is 11.7. The fourth-order valence-electron chi connectivity index (χ4n) is 6.93. The van der Waals surface area contributed by atoms with Crippen LogP contribution in [-0.2, 0) is 19.2 Å². The number of hydrogen-bond acceptors (Lipinski definition) is 11. The number of carbonyl (C=O) groups is 4. The molecule has 5 aromatic heterocycles. The monoisotopic (exact) mass is 1140 g/mol. The Bertz CT molecular complexity index is 3280. The Morgan fingerprint density at radius 2 is 1.07 bits per heavy atom. The van der Waals surface area contributed by atoms with Gasteiger partial charge < -0.3 is 21.3 Å². The van der Waals surface area contributed by atoms with Crippen LogP contribution in [0.25, 0.3) is 54.7 Å². The van der Waals surface area contributed by atoms with Crippen molar-refractivity contribution in [3.8, 4) is 11.1 Å². The van der Waals surface area contributed by atoms with Crippen LogP contribution in [0.3, 0.4) is 0 Å². The number of aromatic amines is 4. The summed E-state index contributed by atoms with van der Waals surface area (Å²) in [4.78, 5) is 60.4. The number of H-pyrrole nitrogens is 4. The SMILES string of the molecule is CCCC(=O)Nc1n[nH]c2cc(-c3cccnc3)ccc12.CCCC(=O)Nc1n[nH]c2cc(Br)ccc12.CCCC(=O)Nc1n[nH]c2ccc([N+](=O)[O-])cc12.CCCC(=O)Nc1n[nH]c2cccc(I)c12. The molecule has 9 aromatic rings. The summed E-state index contributed by atoms with van der Waals surface area (Å²) in [6.07, 6.45) is 8.73. The maximum atomic E-state index is 11.7. The lowest BCUT2D eigenvalue weighted by Crippen LogP contribution is -2.11. The zero-order valence-corrected chi connectivity index (χ0v) is 43.0. The topological polar surface area (TPSA) is 287 Å². The summed E-state index contributed by atoms with van der Waals surface area (Å²) in [7, 11) is 0. The van der Waals surface area contributed by atoms with Gasteiger partial charge in [0.25, 0.3) is 5.69 Å². The molecule has 0 unspecified atom stereocenters. The number of benzene rings is 4. The molecule has 368 valence electrons. The highest BCUT2D eigenvalue weighted by molar-refractivity contribution is 14.1. The van der Waals surface area contributed by atoms with Crippen molar-refractivity contribution in [3.63, 3.8) is 0 Å². The Kier molecular flexibility index (Phi) is 19.2. The van der Waals surface area contributed by atoms with Gasteiger partial charge in [0.2, 0.25) is 23.6 Å². The minimum absolute atomic E-state index is 0.00109. The van der Waals surface area contributed by atoms with Crippen LogP contribution in [0.4, 0.5) is 29.0 Å². The second kappa shape index (κ2) is 25.8. The maximum Gasteiger partial charge on any atom is 0.270 e. The van der Waals surface area contributed by atoms with Crippen molar-refractivity contribution >= 4 is 135 Å². The van der Waals surface area contributed by atoms with Crippen LogP contribution < -0.4 is 21.3 Å². The van der Waals surface area contributed by atoms with Crippen LogP contribution in [0.15, 0.2) is 102 Å². The summed E-state index contributed by atoms with van der Waals surface area (Å²) in [6, 6.07) is 25.9. The average Bonchev–Trinajstić information content (AvgIpc) is 4.16. The third kappa shape index (κ3) is 14.5. The number of nitrogens with zero attached hydrogens (tertiary/aromatic N) is 6. The van der Waals surface area contributed by atoms with Gasteiger partial charge in [0.1, 0.15) is 0 Å². The molecule has 4 aromatic carbocycles. The minimum atomic E-state index is -0.482. The molecule has 20 nitrogen and oxygen atoms in total. The number of carbonyl (C=O) groups excluding carboxylic acids is 4. The van der Waals surface area contributed by atoms with Gasteiger partial charge in [-0.15, -0.1) is 0 Å². The highest BCUT2D eigenvalue weighted by atomic mass is 127. The Hall–Kier alpha value is -7.60. The molecular formula is C49H52BrIN14O6. The average molecular weight is 1140 g/mol. The second-order valence-electron chi connectivity index (χ2n) is 15.8. The molecule has 0 bridgehead atoms. The molecule has 0 saturated heterocycles. The number of anilines is 4. The quantitative estimate of drug-likeness (QED) is 0.0288. The number of hydrogen-bond donors (Lipinski definition) is 8. The number of aromatic nitrogens is 9. The molecule has 71 heavy (non-hydrogen) atoms. The van der Waals surface area contributed by atoms with E-state index in [1.54, 1.807) is 12.3 Å². The summed E-state index contributed by atoms with van der Waals surface area (Å²) >= 11 is 5.62. The standard InChI is InChI=1S/C16H16N4O.C11H12BrN3O.C11H12IN3O.C11H12N4O3/c1-2-4-15(21)18-16-13-7-6-11(9-14(13)19-20-16)12-5-3-8-17-10-12;1-2-3-10(16)13-11-8-5-4-7(12)6-9(8)14-15-11;1-2-4-9(16)13-11-10-7(12)5-3-6-8(10)14-15-11;1-2-3-10(16)12-11-8-6-7(15(17)18)4-5-9(8)13-14-11/h3,5-10H,2,4H2,1H3,(H2,18,19,20,21);4-6H,2-3H2,1H3,(H2,13,14,15,16);3,5-6H,2,4H2,1H3,(H2,13,14,15,16);4-6H,2-3H2,1H3,(H2,12,13,14,16). The van der Waals surface area contributed by atoms with Crippen LogP contribution in [0.5, 0.6) is 0 Å². The lowest BCUT2D eigenvalue weighted by molar-refractivity contribution is -0.384. The van der Waals surface area contributed by atoms with E-state index < -0.39 is 4.92 Å². The normalized spacial score (nSPS) is 10.6. The third-order valence-electron chi connectivity index (χ3n) is 10.3. The number of amides is 4. The highest BCUT2D eigenvalue weighted by Gasteiger charge is 2.15. The van der Waals surface area contributed by atoms with Crippen molar-refractivity contribution in [1.29, 1.82) is 0 Å². The van der Waals surface area contributed by atoms with Gasteiger partial charge in [-0.2, -0.15) is 20.4 Å². The van der Waals surface area contributed by atoms with E-state index in [1.807, 2.05) is 101 Å². The number of pyridine rings is 1. The number of halogens is 2. The lowest BCUT2D eigenvalue weighted by atomic mass is 10.1. The summed E-state index contributed by atoms with van der Waals surface area (Å²) in [5.74, 6) is 1.97. The Balaban J connectivity index is 0.000000156. The van der Waals surface area contributed by atoms with Gasteiger partial charge in [-0.1, -0.05) is 61.8 Å². The van der Waals surface area contributed by atoms with E-state index in [4.69, 9.17) is 0 Å². The number of non-ortho nitro benzene ring substituents is 1. The van der Waals surface area contributed by atoms with Gasteiger partial charge >= 0.3 is 0 Å². The van der Waals surface area contributed by atoms with E-state index in [2.05, 4.69) is 106 Å². The first-order chi connectivity index (χ1) is 34.3. The van der Waals surface area contributed by atoms with Crippen LogP contribution in [-0.4, -0.2) is 74.3 Å². The molecule has 0 spiro atoms. The molecule has 9 rings (SSSR count). The first kappa shape index (κ1) is 52.8. The van der Waals surface area contributed by atoms with Crippen molar-refractivity contribution in [1.82, 2.24) is 45.8 Å². The van der Waals surface area contributed by atoms with Gasteiger partial charge in [0, 0.05) is 74.6 Å². The van der Waals surface area contributed by atoms with Crippen molar-refractivity contribution in [2.24, 2.45) is 0 Å². The van der Waals surface area contributed by atoms with Crippen molar-refractivity contribution < 1.29 is 24.1 Å². The van der Waals surface area contributed by atoms with Crippen molar-refractivity contribution in [3.05, 3.63) is 115 Å². The molecule has 0 saturated carbocycles. The Morgan fingerprint density at radius 3 is 1.62 bits per heavy atom. The fourth-order valence-corrected chi connectivity index (χ4v) is 8.05. The van der Waals surface area contributed by atoms with Crippen LogP contribution >= 0.6 is 38.5 Å². The molecule has 0 aliphatic carbocycles. The summed E-state index contributed by atoms with van der Waals surface area (Å²) in [5, 5.41) is 52.9. The highest BCUT2D eigenvalue weighted by Crippen LogP contribution is 2.29. The number of fused-ring (bicyclic) bond motifs is 4. The molecule has 0 aliphatic rings.